The van der Waals surface area contributed by atoms with E-state index in [1.54, 1.807) is 23.9 Å². The molecule has 1 N–H and O–H groups in total. The van der Waals surface area contributed by atoms with Crippen molar-refractivity contribution >= 4 is 45.4 Å². The maximum Gasteiger partial charge on any atom is 0.336 e. The molecular weight excluding hydrogens is 320 g/mol. The standard InChI is InChI=1S/C12H15BrO2S2/c1-2-16-6-3-7-17-11-8-9(13)4-5-10(11)12(14)15/h4-5,8H,2-3,6-7H2,1H3,(H,14,15). The lowest BCUT2D eigenvalue weighted by Gasteiger charge is -2.06. The lowest BCUT2D eigenvalue weighted by Crippen LogP contribution is -1.99. The molecule has 0 radical (unpaired) electrons. The first-order valence-corrected chi connectivity index (χ1v) is 8.32. The van der Waals surface area contributed by atoms with Gasteiger partial charge in [-0.1, -0.05) is 22.9 Å². The molecule has 0 aliphatic carbocycles. The highest BCUT2D eigenvalue weighted by Crippen LogP contribution is 2.27. The maximum absolute atomic E-state index is 11.0. The van der Waals surface area contributed by atoms with Crippen LogP contribution in [0.5, 0.6) is 0 Å². The van der Waals surface area contributed by atoms with Gasteiger partial charge in [0, 0.05) is 9.37 Å². The first-order valence-electron chi connectivity index (χ1n) is 5.38. The van der Waals surface area contributed by atoms with E-state index in [0.29, 0.717) is 5.56 Å². The second kappa shape index (κ2) is 8.06. The number of carboxylic acid groups (broad SMARTS) is 1. The van der Waals surface area contributed by atoms with Crippen molar-refractivity contribution in [2.45, 2.75) is 18.2 Å². The van der Waals surface area contributed by atoms with Gasteiger partial charge in [0.2, 0.25) is 0 Å². The molecule has 0 fully saturated rings. The first kappa shape index (κ1) is 14.9. The number of rotatable bonds is 7. The van der Waals surface area contributed by atoms with Crippen LogP contribution in [0.25, 0.3) is 0 Å². The summed E-state index contributed by atoms with van der Waals surface area (Å²) < 4.78 is 0.924. The van der Waals surface area contributed by atoms with E-state index >= 15 is 0 Å². The van der Waals surface area contributed by atoms with E-state index in [-0.39, 0.29) is 0 Å². The van der Waals surface area contributed by atoms with Gasteiger partial charge in [0.1, 0.15) is 0 Å². The Hall–Kier alpha value is -0.130. The lowest BCUT2D eigenvalue weighted by atomic mass is 10.2. The minimum Gasteiger partial charge on any atom is -0.478 e. The van der Waals surface area contributed by atoms with Crippen LogP contribution in [0.1, 0.15) is 23.7 Å². The number of carboxylic acids is 1. The third-order valence-electron chi connectivity index (χ3n) is 2.07. The quantitative estimate of drug-likeness (QED) is 0.593. The molecule has 0 heterocycles. The molecule has 0 saturated carbocycles. The zero-order valence-corrected chi connectivity index (χ0v) is 12.8. The van der Waals surface area contributed by atoms with Crippen LogP contribution in [0.4, 0.5) is 0 Å². The average Bonchev–Trinajstić information content (AvgIpc) is 2.28. The number of hydrogen-bond acceptors (Lipinski definition) is 3. The molecule has 2 nitrogen and oxygen atoms in total. The predicted octanol–water partition coefficient (Wildman–Crippen LogP) is 4.38. The summed E-state index contributed by atoms with van der Waals surface area (Å²) in [6, 6.07) is 5.29. The molecule has 0 bridgehead atoms. The lowest BCUT2D eigenvalue weighted by molar-refractivity contribution is 0.0693. The summed E-state index contributed by atoms with van der Waals surface area (Å²) >= 11 is 6.90. The molecule has 0 aromatic heterocycles. The van der Waals surface area contributed by atoms with Crippen LogP contribution in [-0.4, -0.2) is 28.3 Å². The van der Waals surface area contributed by atoms with Gasteiger partial charge in [0.05, 0.1) is 5.56 Å². The number of benzene rings is 1. The van der Waals surface area contributed by atoms with Gasteiger partial charge in [-0.2, -0.15) is 11.8 Å². The van der Waals surface area contributed by atoms with Gasteiger partial charge in [-0.15, -0.1) is 11.8 Å². The number of carbonyl (C=O) groups is 1. The van der Waals surface area contributed by atoms with Crippen LogP contribution in [-0.2, 0) is 0 Å². The van der Waals surface area contributed by atoms with Crippen LogP contribution in [0.3, 0.4) is 0 Å². The molecule has 1 aromatic carbocycles. The van der Waals surface area contributed by atoms with E-state index in [1.807, 2.05) is 17.8 Å². The van der Waals surface area contributed by atoms with Gasteiger partial charge < -0.3 is 5.11 Å². The molecule has 0 saturated heterocycles. The van der Waals surface area contributed by atoms with Crippen LogP contribution in [0.15, 0.2) is 27.6 Å². The molecule has 94 valence electrons. The van der Waals surface area contributed by atoms with E-state index in [1.165, 1.54) is 0 Å². The fourth-order valence-corrected chi connectivity index (χ4v) is 3.64. The first-order chi connectivity index (χ1) is 8.15. The third-order valence-corrected chi connectivity index (χ3v) is 4.69. The Morgan fingerprint density at radius 2 is 2.18 bits per heavy atom. The Labute approximate surface area is 119 Å². The van der Waals surface area contributed by atoms with Crippen molar-refractivity contribution in [3.8, 4) is 0 Å². The molecule has 1 aromatic rings. The molecule has 17 heavy (non-hydrogen) atoms. The second-order valence-corrected chi connectivity index (χ2v) is 6.79. The molecular formula is C12H15BrO2S2. The minimum absolute atomic E-state index is 0.390. The minimum atomic E-state index is -0.858. The Kier molecular flexibility index (Phi) is 7.08. The largest absolute Gasteiger partial charge is 0.478 e. The van der Waals surface area contributed by atoms with Crippen molar-refractivity contribution in [2.24, 2.45) is 0 Å². The summed E-state index contributed by atoms with van der Waals surface area (Å²) in [7, 11) is 0. The summed E-state index contributed by atoms with van der Waals surface area (Å²) in [5, 5.41) is 9.06. The highest BCUT2D eigenvalue weighted by atomic mass is 79.9. The van der Waals surface area contributed by atoms with Gasteiger partial charge in [-0.3, -0.25) is 0 Å². The Morgan fingerprint density at radius 1 is 1.41 bits per heavy atom. The molecule has 0 atom stereocenters. The van der Waals surface area contributed by atoms with Gasteiger partial charge in [0.15, 0.2) is 0 Å². The van der Waals surface area contributed by atoms with E-state index in [9.17, 15) is 4.79 Å². The van der Waals surface area contributed by atoms with Gasteiger partial charge in [0.25, 0.3) is 0 Å². The maximum atomic E-state index is 11.0. The molecule has 0 spiro atoms. The highest BCUT2D eigenvalue weighted by molar-refractivity contribution is 9.10. The van der Waals surface area contributed by atoms with E-state index in [0.717, 1.165) is 33.0 Å². The summed E-state index contributed by atoms with van der Waals surface area (Å²) in [4.78, 5) is 11.9. The fourth-order valence-electron chi connectivity index (χ4n) is 1.28. The summed E-state index contributed by atoms with van der Waals surface area (Å²) in [5.74, 6) is 2.38. The average molecular weight is 335 g/mol. The third kappa shape index (κ3) is 5.36. The van der Waals surface area contributed by atoms with Crippen molar-refractivity contribution in [3.05, 3.63) is 28.2 Å². The molecule has 0 amide bonds. The Bertz CT molecular complexity index is 383. The van der Waals surface area contributed by atoms with E-state index in [2.05, 4.69) is 22.9 Å². The molecule has 0 unspecified atom stereocenters. The van der Waals surface area contributed by atoms with Crippen LogP contribution in [0, 0.1) is 0 Å². The topological polar surface area (TPSA) is 37.3 Å². The van der Waals surface area contributed by atoms with E-state index in [4.69, 9.17) is 5.11 Å². The highest BCUT2D eigenvalue weighted by Gasteiger charge is 2.10. The fraction of sp³-hybridized carbons (Fsp3) is 0.417. The predicted molar refractivity (Wildman–Crippen MR) is 79.4 cm³/mol. The Morgan fingerprint density at radius 3 is 2.82 bits per heavy atom. The normalized spacial score (nSPS) is 10.5. The SMILES string of the molecule is CCSCCCSc1cc(Br)ccc1C(=O)O. The van der Waals surface area contributed by atoms with Crippen molar-refractivity contribution in [1.29, 1.82) is 0 Å². The molecule has 0 aliphatic heterocycles. The van der Waals surface area contributed by atoms with Gasteiger partial charge in [-0.05, 0) is 41.9 Å². The number of hydrogen-bond donors (Lipinski definition) is 1. The van der Waals surface area contributed by atoms with Gasteiger partial charge >= 0.3 is 5.97 Å². The summed E-state index contributed by atoms with van der Waals surface area (Å²) in [6.45, 7) is 2.15. The summed E-state index contributed by atoms with van der Waals surface area (Å²) in [6.07, 6.45) is 1.11. The van der Waals surface area contributed by atoms with Crippen molar-refractivity contribution < 1.29 is 9.90 Å². The summed E-state index contributed by atoms with van der Waals surface area (Å²) in [5.41, 5.74) is 0.390. The monoisotopic (exact) mass is 334 g/mol. The second-order valence-electron chi connectivity index (χ2n) is 3.34. The number of halogens is 1. The van der Waals surface area contributed by atoms with Crippen molar-refractivity contribution in [2.75, 3.05) is 17.3 Å². The van der Waals surface area contributed by atoms with Crippen LogP contribution < -0.4 is 0 Å². The van der Waals surface area contributed by atoms with Crippen LogP contribution in [0.2, 0.25) is 0 Å². The number of thioether (sulfide) groups is 2. The number of aromatic carboxylic acids is 1. The molecule has 5 heteroatoms. The van der Waals surface area contributed by atoms with Crippen LogP contribution >= 0.6 is 39.5 Å². The van der Waals surface area contributed by atoms with Gasteiger partial charge in [-0.25, -0.2) is 4.79 Å². The zero-order chi connectivity index (χ0) is 12.7. The van der Waals surface area contributed by atoms with E-state index < -0.39 is 5.97 Å². The van der Waals surface area contributed by atoms with Crippen molar-refractivity contribution in [3.63, 3.8) is 0 Å². The molecule has 0 aliphatic rings. The van der Waals surface area contributed by atoms with Crippen molar-refractivity contribution in [1.82, 2.24) is 0 Å². The molecule has 1 rings (SSSR count). The Balaban J connectivity index is 2.56. The zero-order valence-electron chi connectivity index (χ0n) is 9.61. The smallest absolute Gasteiger partial charge is 0.336 e.